The van der Waals surface area contributed by atoms with E-state index in [0.29, 0.717) is 43.7 Å². The number of aromatic nitrogens is 2. The van der Waals surface area contributed by atoms with Crippen molar-refractivity contribution >= 4 is 58.2 Å². The highest BCUT2D eigenvalue weighted by Gasteiger charge is 2.31. The largest absolute Gasteiger partial charge is 0.384 e. The van der Waals surface area contributed by atoms with Crippen molar-refractivity contribution in [1.29, 1.82) is 10.8 Å². The lowest BCUT2D eigenvalue weighted by molar-refractivity contribution is -0.124. The Morgan fingerprint density at radius 1 is 1.31 bits per heavy atom. The summed E-state index contributed by atoms with van der Waals surface area (Å²) in [5.41, 5.74) is 8.97. The van der Waals surface area contributed by atoms with Gasteiger partial charge in [-0.05, 0) is 62.4 Å². The first kappa shape index (κ1) is 36.5. The molecule has 240 valence electrons. The van der Waals surface area contributed by atoms with E-state index in [2.05, 4.69) is 38.6 Å². The molecule has 1 atom stereocenters. The van der Waals surface area contributed by atoms with Crippen molar-refractivity contribution in [3.05, 3.63) is 70.7 Å². The highest BCUT2D eigenvalue weighted by molar-refractivity contribution is 8.26. The fraction of sp³-hybridized carbons (Fsp3) is 0.355. The van der Waals surface area contributed by atoms with E-state index in [-0.39, 0.29) is 33.4 Å². The Balaban J connectivity index is 0.000000452. The van der Waals surface area contributed by atoms with Gasteiger partial charge in [-0.3, -0.25) is 30.2 Å². The zero-order valence-electron chi connectivity index (χ0n) is 25.9. The van der Waals surface area contributed by atoms with Gasteiger partial charge in [-0.2, -0.15) is 0 Å². The summed E-state index contributed by atoms with van der Waals surface area (Å²) in [6, 6.07) is 4.21. The van der Waals surface area contributed by atoms with Crippen LogP contribution in [-0.4, -0.2) is 69.0 Å². The molecule has 1 unspecified atom stereocenters. The standard InChI is InChI=1S/C23H32N6O3.C8H8FN3S/c1-4-5-6-17(10-18-12-25-21(24)9-16(18)2)11-27-23(32)20-7-8-22(29(20)3)26-13-19(14-30)28-15-31;1-5(10)13-8(11)7-6(9)3-2-4-12-7/h9-10,12-15,20H,4-8,11H2,1-3H3,(H2,24,25)(H,27,32)(H,28,31);2-4,10-11H,1H3/b17-10+,19-13+,26-22?;. The summed E-state index contributed by atoms with van der Waals surface area (Å²) in [6.45, 7) is 6.12. The normalized spacial score (nSPS) is 15.6. The molecule has 0 aromatic carbocycles. The van der Waals surface area contributed by atoms with Crippen LogP contribution in [-0.2, 0) is 14.4 Å². The number of nitrogen functional groups attached to an aromatic ring is 1. The Kier molecular flexibility index (Phi) is 15.3. The highest BCUT2D eigenvalue weighted by atomic mass is 32.2. The number of rotatable bonds is 12. The average Bonchev–Trinajstić information content (AvgIpc) is 3.37. The molecule has 1 fully saturated rings. The molecule has 6 N–H and O–H groups in total. The number of halogens is 1. The van der Waals surface area contributed by atoms with E-state index in [1.165, 1.54) is 24.5 Å². The summed E-state index contributed by atoms with van der Waals surface area (Å²) in [4.78, 5) is 48.2. The number of aliphatic imine (C=N–C) groups is 1. The molecule has 2 amide bonds. The monoisotopic (exact) mass is 637 g/mol. The lowest BCUT2D eigenvalue weighted by Gasteiger charge is -2.21. The molecule has 3 rings (SSSR count). The Morgan fingerprint density at radius 2 is 2.07 bits per heavy atom. The molecule has 1 saturated heterocycles. The van der Waals surface area contributed by atoms with Crippen LogP contribution < -0.4 is 16.4 Å². The number of anilines is 1. The van der Waals surface area contributed by atoms with E-state index in [1.54, 1.807) is 25.1 Å². The maximum absolute atomic E-state index is 13.0. The van der Waals surface area contributed by atoms with Crippen molar-refractivity contribution in [2.24, 2.45) is 4.99 Å². The molecule has 2 aromatic heterocycles. The molecule has 0 aliphatic carbocycles. The van der Waals surface area contributed by atoms with Crippen LogP contribution in [0.1, 0.15) is 62.8 Å². The minimum absolute atomic E-state index is 0.000833. The number of carbonyl (C=O) groups is 3. The number of hydrogen-bond acceptors (Lipinski definition) is 10. The Morgan fingerprint density at radius 3 is 2.69 bits per heavy atom. The van der Waals surface area contributed by atoms with Crippen LogP contribution in [0, 0.1) is 23.6 Å². The number of hydrogen-bond donors (Lipinski definition) is 5. The van der Waals surface area contributed by atoms with Crippen LogP contribution in [0.5, 0.6) is 0 Å². The number of amidine groups is 1. The predicted molar refractivity (Wildman–Crippen MR) is 177 cm³/mol. The minimum Gasteiger partial charge on any atom is -0.384 e. The zero-order chi connectivity index (χ0) is 33.4. The number of unbranched alkanes of at least 4 members (excludes halogenated alkanes) is 1. The van der Waals surface area contributed by atoms with Crippen molar-refractivity contribution in [3.63, 3.8) is 0 Å². The number of aryl methyl sites for hydroxylation is 1. The molecule has 2 aromatic rings. The van der Waals surface area contributed by atoms with Gasteiger partial charge in [-0.15, -0.1) is 0 Å². The van der Waals surface area contributed by atoms with Gasteiger partial charge in [0.25, 0.3) is 0 Å². The van der Waals surface area contributed by atoms with E-state index in [1.807, 2.05) is 13.0 Å². The first-order valence-electron chi connectivity index (χ1n) is 14.3. The fourth-order valence-electron chi connectivity index (χ4n) is 4.24. The summed E-state index contributed by atoms with van der Waals surface area (Å²) < 4.78 is 13.0. The Hall–Kier alpha value is -4.72. The third kappa shape index (κ3) is 12.1. The molecule has 14 heteroatoms. The fourth-order valence-corrected chi connectivity index (χ4v) is 4.79. The van der Waals surface area contributed by atoms with Crippen molar-refractivity contribution in [2.75, 3.05) is 19.3 Å². The van der Waals surface area contributed by atoms with Gasteiger partial charge in [-0.1, -0.05) is 36.8 Å². The number of nitrogens with zero attached hydrogens (tertiary/aromatic N) is 4. The van der Waals surface area contributed by atoms with Gasteiger partial charge in [0.2, 0.25) is 12.3 Å². The van der Waals surface area contributed by atoms with Gasteiger partial charge in [0, 0.05) is 32.4 Å². The van der Waals surface area contributed by atoms with E-state index >= 15 is 0 Å². The third-order valence-electron chi connectivity index (χ3n) is 6.63. The van der Waals surface area contributed by atoms with E-state index < -0.39 is 5.82 Å². The number of allylic oxidation sites excluding steroid dienone is 1. The topological polar surface area (TPSA) is 190 Å². The molecule has 3 heterocycles. The van der Waals surface area contributed by atoms with E-state index in [4.69, 9.17) is 16.6 Å². The number of amides is 2. The second-order valence-electron chi connectivity index (χ2n) is 10.1. The number of likely N-dealkylation sites (N-methyl/N-ethyl adjacent to an activating group) is 1. The Labute approximate surface area is 266 Å². The first-order chi connectivity index (χ1) is 21.5. The maximum Gasteiger partial charge on any atom is 0.243 e. The van der Waals surface area contributed by atoms with Gasteiger partial charge < -0.3 is 21.3 Å². The summed E-state index contributed by atoms with van der Waals surface area (Å²) >= 11 is 0.886. The van der Waals surface area contributed by atoms with Gasteiger partial charge >= 0.3 is 0 Å². The molecule has 0 saturated carbocycles. The number of nitrogens with two attached hydrogens (primary N) is 1. The summed E-state index contributed by atoms with van der Waals surface area (Å²) in [7, 11) is 1.80. The van der Waals surface area contributed by atoms with E-state index in [0.717, 1.165) is 47.7 Å². The van der Waals surface area contributed by atoms with Crippen molar-refractivity contribution in [1.82, 2.24) is 25.5 Å². The number of likely N-dealkylation sites (tertiary alicyclic amines) is 1. The molecule has 12 nitrogen and oxygen atoms in total. The van der Waals surface area contributed by atoms with Crippen molar-refractivity contribution < 1.29 is 18.8 Å². The lowest BCUT2D eigenvalue weighted by Crippen LogP contribution is -2.43. The second-order valence-corrected chi connectivity index (χ2v) is 11.3. The Bertz CT molecular complexity index is 1480. The molecule has 0 radical (unpaired) electrons. The minimum atomic E-state index is -0.527. The lowest BCUT2D eigenvalue weighted by atomic mass is 10.0. The number of thioether (sulfide) groups is 1. The number of carbonyl (C=O) groups excluding carboxylic acids is 3. The van der Waals surface area contributed by atoms with Crippen molar-refractivity contribution in [2.45, 2.75) is 58.9 Å². The third-order valence-corrected chi connectivity index (χ3v) is 7.33. The second kappa shape index (κ2) is 18.8. The SMILES string of the molecule is CC(=N)SC(=N)c1ncccc1F.CCCC/C(=C\c1cnc(N)cc1C)CNC(=O)C1CCC(=N/C=C(\C=O)NC=O)N1C. The highest BCUT2D eigenvalue weighted by Crippen LogP contribution is 2.20. The van der Waals surface area contributed by atoms with Crippen LogP contribution in [0.3, 0.4) is 0 Å². The van der Waals surface area contributed by atoms with Crippen LogP contribution in [0.2, 0.25) is 0 Å². The quantitative estimate of drug-likeness (QED) is 0.0989. The molecule has 0 bridgehead atoms. The zero-order valence-corrected chi connectivity index (χ0v) is 26.7. The number of pyridine rings is 2. The van der Waals surface area contributed by atoms with Crippen LogP contribution in [0.4, 0.5) is 10.2 Å². The summed E-state index contributed by atoms with van der Waals surface area (Å²) in [6.07, 6.45) is 11.7. The van der Waals surface area contributed by atoms with Gasteiger partial charge in [0.05, 0.1) is 16.9 Å². The molecule has 1 aliphatic rings. The first-order valence-corrected chi connectivity index (χ1v) is 15.1. The number of nitrogens with one attached hydrogen (secondary N) is 4. The molecule has 45 heavy (non-hydrogen) atoms. The van der Waals surface area contributed by atoms with Crippen molar-refractivity contribution in [3.8, 4) is 0 Å². The van der Waals surface area contributed by atoms with Gasteiger partial charge in [-0.25, -0.2) is 14.4 Å². The molecular formula is C31H40FN9O3S. The van der Waals surface area contributed by atoms with Gasteiger partial charge in [0.15, 0.2) is 12.1 Å². The van der Waals surface area contributed by atoms with E-state index in [9.17, 15) is 18.8 Å². The predicted octanol–water partition coefficient (Wildman–Crippen LogP) is 4.22. The van der Waals surface area contributed by atoms with Crippen LogP contribution in [0.15, 0.2) is 53.1 Å². The molecule has 1 aliphatic heterocycles. The van der Waals surface area contributed by atoms with Gasteiger partial charge in [0.1, 0.15) is 28.4 Å². The maximum atomic E-state index is 13.0. The van der Waals surface area contributed by atoms with Crippen LogP contribution >= 0.6 is 11.8 Å². The average molecular weight is 638 g/mol. The summed E-state index contributed by atoms with van der Waals surface area (Å²) in [5.74, 6) is 0.573. The smallest absolute Gasteiger partial charge is 0.243 e. The molecular weight excluding hydrogens is 597 g/mol. The molecule has 0 spiro atoms. The summed E-state index contributed by atoms with van der Waals surface area (Å²) in [5, 5.41) is 20.1. The van der Waals surface area contributed by atoms with Crippen LogP contribution in [0.25, 0.3) is 6.08 Å². The number of aldehydes is 1.